The molecule has 3 N–H and O–H groups in total. The molecule has 2 unspecified atom stereocenters. The highest BCUT2D eigenvalue weighted by Crippen LogP contribution is 2.10. The number of hydrogen-bond acceptors (Lipinski definition) is 3. The summed E-state index contributed by atoms with van der Waals surface area (Å²) in [5.74, 6) is 1.47. The number of aliphatic imine (C=N–C) groups is 1. The zero-order valence-corrected chi connectivity index (χ0v) is 11.5. The van der Waals surface area contributed by atoms with Gasteiger partial charge in [0.25, 0.3) is 0 Å². The summed E-state index contributed by atoms with van der Waals surface area (Å²) in [4.78, 5) is 4.49. The molecule has 18 heavy (non-hydrogen) atoms. The molecule has 0 amide bonds. The number of hydrogen-bond donors (Lipinski definition) is 2. The first-order valence-electron chi connectivity index (χ1n) is 6.68. The van der Waals surface area contributed by atoms with E-state index in [-0.39, 0.29) is 0 Å². The van der Waals surface area contributed by atoms with Crippen LogP contribution in [-0.2, 0) is 6.42 Å². The second-order valence-corrected chi connectivity index (χ2v) is 4.23. The molecular formula is C15H23N3. The molecule has 1 heterocycles. The first-order chi connectivity index (χ1) is 8.79. The van der Waals surface area contributed by atoms with Crippen molar-refractivity contribution in [3.05, 3.63) is 35.9 Å². The molecule has 0 spiro atoms. The first kappa shape index (κ1) is 14.5. The number of nitrogens with zero attached hydrogens (tertiary/aromatic N) is 1. The van der Waals surface area contributed by atoms with Gasteiger partial charge in [-0.2, -0.15) is 0 Å². The average Bonchev–Trinajstić information content (AvgIpc) is 2.91. The van der Waals surface area contributed by atoms with Gasteiger partial charge in [-0.25, -0.2) is 0 Å². The van der Waals surface area contributed by atoms with Crippen LogP contribution in [0.5, 0.6) is 0 Å². The molecule has 1 aliphatic heterocycles. The highest BCUT2D eigenvalue weighted by Gasteiger charge is 2.20. The number of nitrogens with two attached hydrogens (primary N) is 1. The van der Waals surface area contributed by atoms with E-state index < -0.39 is 0 Å². The SMILES string of the molecule is CC.CC(Cc1c#cccc1)C1=NCC(CN)N1. The Bertz CT molecular complexity index is 359. The lowest BCUT2D eigenvalue weighted by Crippen LogP contribution is -2.39. The Morgan fingerprint density at radius 3 is 2.89 bits per heavy atom. The third kappa shape index (κ3) is 4.05. The molecule has 0 aliphatic carbocycles. The summed E-state index contributed by atoms with van der Waals surface area (Å²) in [5, 5.41) is 3.36. The Morgan fingerprint density at radius 1 is 1.56 bits per heavy atom. The Hall–Kier alpha value is -1.53. The second kappa shape index (κ2) is 7.73. The van der Waals surface area contributed by atoms with Crippen LogP contribution in [0, 0.1) is 18.1 Å². The summed E-state index contributed by atoms with van der Waals surface area (Å²) in [6.45, 7) is 7.62. The fraction of sp³-hybridized carbons (Fsp3) is 0.533. The highest BCUT2D eigenvalue weighted by atomic mass is 15.1. The van der Waals surface area contributed by atoms with E-state index in [0.717, 1.165) is 18.8 Å². The summed E-state index contributed by atoms with van der Waals surface area (Å²) < 4.78 is 0. The molecule has 0 fully saturated rings. The van der Waals surface area contributed by atoms with Gasteiger partial charge in [0.05, 0.1) is 18.4 Å². The highest BCUT2D eigenvalue weighted by molar-refractivity contribution is 5.86. The van der Waals surface area contributed by atoms with Gasteiger partial charge in [-0.1, -0.05) is 39.0 Å². The molecule has 0 radical (unpaired) electrons. The van der Waals surface area contributed by atoms with E-state index >= 15 is 0 Å². The molecule has 98 valence electrons. The van der Waals surface area contributed by atoms with Crippen LogP contribution in [0.15, 0.2) is 23.2 Å². The fourth-order valence-electron chi connectivity index (χ4n) is 1.87. The van der Waals surface area contributed by atoms with Crippen LogP contribution in [0.3, 0.4) is 0 Å². The van der Waals surface area contributed by atoms with E-state index in [2.05, 4.69) is 35.4 Å². The lowest BCUT2D eigenvalue weighted by molar-refractivity contribution is 0.648. The van der Waals surface area contributed by atoms with Crippen LogP contribution in [0.2, 0.25) is 0 Å². The molecule has 1 aliphatic rings. The minimum atomic E-state index is 0.323. The molecule has 2 atom stereocenters. The molecule has 0 bridgehead atoms. The standard InChI is InChI=1S/C13H17N3.C2H6/c1-10(7-11-5-3-2-4-6-11)13-15-9-12(8-14)16-13;1-2/h2-3,5,10,12H,7-9,14H2,1H3,(H,15,16);1-2H3. The van der Waals surface area contributed by atoms with E-state index in [0.29, 0.717) is 18.5 Å². The summed E-state index contributed by atoms with van der Waals surface area (Å²) in [7, 11) is 0. The second-order valence-electron chi connectivity index (χ2n) is 4.23. The summed E-state index contributed by atoms with van der Waals surface area (Å²) in [6.07, 6.45) is 0.945. The van der Waals surface area contributed by atoms with Gasteiger partial charge in [0.2, 0.25) is 0 Å². The Kier molecular flexibility index (Phi) is 6.24. The van der Waals surface area contributed by atoms with E-state index in [1.54, 1.807) is 0 Å². The smallest absolute Gasteiger partial charge is 0.0999 e. The van der Waals surface area contributed by atoms with Crippen molar-refractivity contribution in [1.82, 2.24) is 5.32 Å². The average molecular weight is 245 g/mol. The Balaban J connectivity index is 0.000000771. The number of rotatable bonds is 4. The predicted octanol–water partition coefficient (Wildman–Crippen LogP) is 1.82. The van der Waals surface area contributed by atoms with Crippen molar-refractivity contribution in [3.63, 3.8) is 0 Å². The van der Waals surface area contributed by atoms with Gasteiger partial charge in [0.15, 0.2) is 0 Å². The zero-order chi connectivity index (χ0) is 13.4. The largest absolute Gasteiger partial charge is 0.368 e. The first-order valence-corrected chi connectivity index (χ1v) is 6.68. The third-order valence-corrected chi connectivity index (χ3v) is 2.82. The Labute approximate surface area is 111 Å². The van der Waals surface area contributed by atoms with Gasteiger partial charge >= 0.3 is 0 Å². The van der Waals surface area contributed by atoms with E-state index in [4.69, 9.17) is 5.73 Å². The fourth-order valence-corrected chi connectivity index (χ4v) is 1.87. The molecule has 2 rings (SSSR count). The van der Waals surface area contributed by atoms with Crippen molar-refractivity contribution in [2.24, 2.45) is 16.6 Å². The van der Waals surface area contributed by atoms with Crippen LogP contribution in [0.4, 0.5) is 0 Å². The van der Waals surface area contributed by atoms with Crippen LogP contribution in [0.1, 0.15) is 26.3 Å². The summed E-state index contributed by atoms with van der Waals surface area (Å²) in [6, 6.07) is 12.3. The summed E-state index contributed by atoms with van der Waals surface area (Å²) >= 11 is 0. The Morgan fingerprint density at radius 2 is 2.33 bits per heavy atom. The molecule has 3 nitrogen and oxygen atoms in total. The van der Waals surface area contributed by atoms with Gasteiger partial charge in [0.1, 0.15) is 0 Å². The maximum absolute atomic E-state index is 5.60. The monoisotopic (exact) mass is 245 g/mol. The van der Waals surface area contributed by atoms with E-state index in [1.165, 1.54) is 5.56 Å². The van der Waals surface area contributed by atoms with Gasteiger partial charge < -0.3 is 11.1 Å². The zero-order valence-electron chi connectivity index (χ0n) is 11.5. The van der Waals surface area contributed by atoms with Crippen LogP contribution in [-0.4, -0.2) is 25.0 Å². The maximum Gasteiger partial charge on any atom is 0.0999 e. The maximum atomic E-state index is 5.60. The molecular weight excluding hydrogens is 222 g/mol. The van der Waals surface area contributed by atoms with Crippen LogP contribution >= 0.6 is 0 Å². The number of nitrogens with one attached hydrogen (secondary N) is 1. The predicted molar refractivity (Wildman–Crippen MR) is 76.6 cm³/mol. The molecule has 3 heteroatoms. The lowest BCUT2D eigenvalue weighted by atomic mass is 10.0. The normalized spacial score (nSPS) is 18.9. The van der Waals surface area contributed by atoms with E-state index in [9.17, 15) is 0 Å². The molecule has 1 aromatic carbocycles. The van der Waals surface area contributed by atoms with Crippen molar-refractivity contribution < 1.29 is 0 Å². The molecule has 0 saturated heterocycles. The summed E-state index contributed by atoms with van der Waals surface area (Å²) in [5.41, 5.74) is 6.78. The third-order valence-electron chi connectivity index (χ3n) is 2.82. The quantitative estimate of drug-likeness (QED) is 0.850. The minimum Gasteiger partial charge on any atom is -0.368 e. The molecule has 1 aromatic rings. The van der Waals surface area contributed by atoms with Gasteiger partial charge in [-0.05, 0) is 18.6 Å². The molecule has 0 saturated carbocycles. The van der Waals surface area contributed by atoms with Gasteiger partial charge in [0, 0.05) is 18.0 Å². The van der Waals surface area contributed by atoms with Crippen LogP contribution < -0.4 is 11.1 Å². The van der Waals surface area contributed by atoms with Crippen LogP contribution in [0.25, 0.3) is 0 Å². The van der Waals surface area contributed by atoms with Crippen molar-refractivity contribution in [3.8, 4) is 0 Å². The van der Waals surface area contributed by atoms with Crippen molar-refractivity contribution in [2.75, 3.05) is 13.1 Å². The molecule has 0 aromatic heterocycles. The topological polar surface area (TPSA) is 50.4 Å². The van der Waals surface area contributed by atoms with E-state index in [1.807, 2.05) is 26.0 Å². The lowest BCUT2D eigenvalue weighted by Gasteiger charge is -2.14. The van der Waals surface area contributed by atoms with Gasteiger partial charge in [-0.15, -0.1) is 0 Å². The van der Waals surface area contributed by atoms with Crippen molar-refractivity contribution >= 4 is 5.84 Å². The number of amidine groups is 1. The van der Waals surface area contributed by atoms with Crippen molar-refractivity contribution in [1.29, 1.82) is 0 Å². The minimum absolute atomic E-state index is 0.323. The van der Waals surface area contributed by atoms with Gasteiger partial charge in [-0.3, -0.25) is 4.99 Å². The van der Waals surface area contributed by atoms with Crippen molar-refractivity contribution in [2.45, 2.75) is 33.2 Å².